The van der Waals surface area contributed by atoms with Crippen molar-refractivity contribution in [1.29, 1.82) is 0 Å². The number of aryl methyl sites for hydroxylation is 1. The van der Waals surface area contributed by atoms with Crippen molar-refractivity contribution >= 4 is 5.95 Å². The molecular weight excluding hydrogens is 186 g/mol. The van der Waals surface area contributed by atoms with Crippen LogP contribution in [0.3, 0.4) is 0 Å². The van der Waals surface area contributed by atoms with Crippen LogP contribution >= 0.6 is 0 Å². The van der Waals surface area contributed by atoms with Gasteiger partial charge in [0.2, 0.25) is 5.95 Å². The Bertz CT molecular complexity index is 342. The highest BCUT2D eigenvalue weighted by atomic mass is 15.2. The van der Waals surface area contributed by atoms with Crippen molar-refractivity contribution in [2.45, 2.75) is 52.5 Å². The number of nitrogens with two attached hydrogens (primary N) is 1. The summed E-state index contributed by atoms with van der Waals surface area (Å²) >= 11 is 0. The molecule has 0 radical (unpaired) electrons. The van der Waals surface area contributed by atoms with Gasteiger partial charge in [-0.2, -0.15) is 0 Å². The summed E-state index contributed by atoms with van der Waals surface area (Å²) in [6.45, 7) is 6.71. The van der Waals surface area contributed by atoms with Gasteiger partial charge >= 0.3 is 0 Å². The molecule has 84 valence electrons. The molecule has 3 heteroatoms. The van der Waals surface area contributed by atoms with Crippen LogP contribution in [0, 0.1) is 12.3 Å². The molecule has 1 aromatic rings. The lowest BCUT2D eigenvalue weighted by atomic mass is 9.75. The Kier molecular flexibility index (Phi) is 2.49. The van der Waals surface area contributed by atoms with Gasteiger partial charge in [0, 0.05) is 12.2 Å². The largest absolute Gasteiger partial charge is 0.369 e. The van der Waals surface area contributed by atoms with E-state index in [2.05, 4.69) is 29.6 Å². The maximum atomic E-state index is 5.89. The summed E-state index contributed by atoms with van der Waals surface area (Å²) in [6, 6.07) is 0.569. The normalized spacial score (nSPS) is 21.8. The molecule has 15 heavy (non-hydrogen) atoms. The number of hydrogen-bond acceptors (Lipinski definition) is 2. The average Bonchev–Trinajstić information content (AvgIpc) is 2.45. The summed E-state index contributed by atoms with van der Waals surface area (Å²) in [7, 11) is 0. The molecule has 1 saturated carbocycles. The molecule has 1 fully saturated rings. The van der Waals surface area contributed by atoms with E-state index >= 15 is 0 Å². The van der Waals surface area contributed by atoms with Gasteiger partial charge in [0.05, 0.1) is 5.69 Å². The minimum absolute atomic E-state index is 0.515. The molecule has 0 unspecified atom stereocenters. The Hall–Kier alpha value is -0.990. The van der Waals surface area contributed by atoms with Gasteiger partial charge in [0.15, 0.2) is 0 Å². The molecule has 0 bridgehead atoms. The summed E-state index contributed by atoms with van der Waals surface area (Å²) in [5, 5.41) is 0. The van der Waals surface area contributed by atoms with Crippen molar-refractivity contribution in [3.8, 4) is 0 Å². The Morgan fingerprint density at radius 1 is 1.40 bits per heavy atom. The maximum absolute atomic E-state index is 5.89. The van der Waals surface area contributed by atoms with Crippen molar-refractivity contribution in [3.63, 3.8) is 0 Å². The summed E-state index contributed by atoms with van der Waals surface area (Å²) in [5.41, 5.74) is 7.43. The van der Waals surface area contributed by atoms with E-state index in [1.807, 2.05) is 6.92 Å². The molecular formula is C12H21N3. The zero-order valence-electron chi connectivity index (χ0n) is 9.95. The number of aromatic nitrogens is 2. The number of nitrogen functional groups attached to an aromatic ring is 1. The first-order valence-corrected chi connectivity index (χ1v) is 5.79. The number of anilines is 1. The van der Waals surface area contributed by atoms with E-state index in [4.69, 9.17) is 5.73 Å². The van der Waals surface area contributed by atoms with E-state index in [1.165, 1.54) is 25.7 Å². The van der Waals surface area contributed by atoms with Crippen molar-refractivity contribution in [1.82, 2.24) is 9.55 Å². The van der Waals surface area contributed by atoms with Gasteiger partial charge in [-0.3, -0.25) is 0 Å². The SMILES string of the molecule is Cc1cn(C2CCC(C)(C)CC2)c(N)n1. The third kappa shape index (κ3) is 2.16. The first-order valence-electron chi connectivity index (χ1n) is 5.79. The first-order chi connectivity index (χ1) is 6.98. The zero-order chi connectivity index (χ0) is 11.1. The van der Waals surface area contributed by atoms with E-state index in [0.717, 1.165) is 5.69 Å². The maximum Gasteiger partial charge on any atom is 0.200 e. The van der Waals surface area contributed by atoms with Crippen molar-refractivity contribution < 1.29 is 0 Å². The Morgan fingerprint density at radius 3 is 2.47 bits per heavy atom. The molecule has 1 aromatic heterocycles. The van der Waals surface area contributed by atoms with Crippen molar-refractivity contribution in [2.75, 3.05) is 5.73 Å². The molecule has 2 N–H and O–H groups in total. The summed E-state index contributed by atoms with van der Waals surface area (Å²) in [6.07, 6.45) is 7.11. The number of rotatable bonds is 1. The third-order valence-corrected chi connectivity index (χ3v) is 3.58. The highest BCUT2D eigenvalue weighted by molar-refractivity contribution is 5.22. The monoisotopic (exact) mass is 207 g/mol. The van der Waals surface area contributed by atoms with Gasteiger partial charge < -0.3 is 10.3 Å². The third-order valence-electron chi connectivity index (χ3n) is 3.58. The molecule has 0 atom stereocenters. The molecule has 3 nitrogen and oxygen atoms in total. The van der Waals surface area contributed by atoms with E-state index in [-0.39, 0.29) is 0 Å². The summed E-state index contributed by atoms with van der Waals surface area (Å²) in [5.74, 6) is 0.678. The first kappa shape index (κ1) is 10.5. The fraction of sp³-hybridized carbons (Fsp3) is 0.750. The van der Waals surface area contributed by atoms with Gasteiger partial charge in [-0.25, -0.2) is 4.98 Å². The van der Waals surface area contributed by atoms with Crippen LogP contribution in [0.1, 0.15) is 51.3 Å². The standard InChI is InChI=1S/C12H21N3/c1-9-8-15(11(13)14-9)10-4-6-12(2,3)7-5-10/h8,10H,4-7H2,1-3H3,(H2,13,14). The number of hydrogen-bond donors (Lipinski definition) is 1. The summed E-state index contributed by atoms with van der Waals surface area (Å²) < 4.78 is 2.16. The minimum Gasteiger partial charge on any atom is -0.369 e. The van der Waals surface area contributed by atoms with E-state index in [0.29, 0.717) is 17.4 Å². The second-order valence-corrected chi connectivity index (χ2v) is 5.54. The van der Waals surface area contributed by atoms with E-state index in [1.54, 1.807) is 0 Å². The summed E-state index contributed by atoms with van der Waals surface area (Å²) in [4.78, 5) is 4.26. The van der Waals surface area contributed by atoms with Crippen molar-refractivity contribution in [2.24, 2.45) is 5.41 Å². The molecule has 0 spiro atoms. The van der Waals surface area contributed by atoms with Crippen LogP contribution in [0.15, 0.2) is 6.20 Å². The Labute approximate surface area is 91.7 Å². The lowest BCUT2D eigenvalue weighted by Gasteiger charge is -2.35. The second-order valence-electron chi connectivity index (χ2n) is 5.54. The fourth-order valence-corrected chi connectivity index (χ4v) is 2.49. The van der Waals surface area contributed by atoms with Crippen LogP contribution in [-0.2, 0) is 0 Å². The molecule has 0 amide bonds. The number of nitrogens with zero attached hydrogens (tertiary/aromatic N) is 2. The lowest BCUT2D eigenvalue weighted by molar-refractivity contribution is 0.195. The predicted octanol–water partition coefficient (Wildman–Crippen LogP) is 2.92. The molecule has 2 rings (SSSR count). The quantitative estimate of drug-likeness (QED) is 0.769. The molecule has 0 aromatic carbocycles. The second kappa shape index (κ2) is 3.54. The van der Waals surface area contributed by atoms with E-state index < -0.39 is 0 Å². The van der Waals surface area contributed by atoms with Crippen LogP contribution in [0.2, 0.25) is 0 Å². The highest BCUT2D eigenvalue weighted by Gasteiger charge is 2.28. The van der Waals surface area contributed by atoms with Gasteiger partial charge in [-0.05, 0) is 38.0 Å². The molecule has 1 heterocycles. The highest BCUT2D eigenvalue weighted by Crippen LogP contribution is 2.40. The van der Waals surface area contributed by atoms with Gasteiger partial charge in [0.25, 0.3) is 0 Å². The van der Waals surface area contributed by atoms with Gasteiger partial charge in [-0.15, -0.1) is 0 Å². The fourth-order valence-electron chi connectivity index (χ4n) is 2.49. The van der Waals surface area contributed by atoms with Crippen LogP contribution in [0.4, 0.5) is 5.95 Å². The molecule has 0 aliphatic heterocycles. The Morgan fingerprint density at radius 2 is 2.00 bits per heavy atom. The molecule has 1 aliphatic carbocycles. The van der Waals surface area contributed by atoms with E-state index in [9.17, 15) is 0 Å². The van der Waals surface area contributed by atoms with Gasteiger partial charge in [-0.1, -0.05) is 13.8 Å². The Balaban J connectivity index is 2.11. The molecule has 1 aliphatic rings. The predicted molar refractivity (Wildman–Crippen MR) is 62.7 cm³/mol. The lowest BCUT2D eigenvalue weighted by Crippen LogP contribution is -2.23. The minimum atomic E-state index is 0.515. The smallest absolute Gasteiger partial charge is 0.200 e. The van der Waals surface area contributed by atoms with Gasteiger partial charge in [0.1, 0.15) is 0 Å². The zero-order valence-corrected chi connectivity index (χ0v) is 9.95. The average molecular weight is 207 g/mol. The van der Waals surface area contributed by atoms with Crippen LogP contribution < -0.4 is 5.73 Å². The van der Waals surface area contributed by atoms with Crippen LogP contribution in [0.5, 0.6) is 0 Å². The topological polar surface area (TPSA) is 43.8 Å². The van der Waals surface area contributed by atoms with Crippen molar-refractivity contribution in [3.05, 3.63) is 11.9 Å². The molecule has 0 saturated heterocycles. The number of imidazole rings is 1. The van der Waals surface area contributed by atoms with Crippen LogP contribution in [0.25, 0.3) is 0 Å². The van der Waals surface area contributed by atoms with Crippen LogP contribution in [-0.4, -0.2) is 9.55 Å².